The van der Waals surface area contributed by atoms with Crippen LogP contribution in [0.25, 0.3) is 0 Å². The molecule has 1 aliphatic carbocycles. The minimum absolute atomic E-state index is 0.0207. The number of carboxylic acids is 1. The smallest absolute Gasteiger partial charge is 0.307 e. The van der Waals surface area contributed by atoms with Crippen LogP contribution in [0, 0.1) is 5.92 Å². The molecule has 0 radical (unpaired) electrons. The van der Waals surface area contributed by atoms with Crippen LogP contribution in [0.15, 0.2) is 24.3 Å². The van der Waals surface area contributed by atoms with Crippen molar-refractivity contribution < 1.29 is 14.7 Å². The lowest BCUT2D eigenvalue weighted by Crippen LogP contribution is -2.13. The lowest BCUT2D eigenvalue weighted by molar-refractivity contribution is -0.136. The second kappa shape index (κ2) is 4.35. The number of amides is 1. The van der Waals surface area contributed by atoms with Gasteiger partial charge >= 0.3 is 5.97 Å². The summed E-state index contributed by atoms with van der Waals surface area (Å²) in [5, 5.41) is 11.4. The quantitative estimate of drug-likeness (QED) is 0.809. The first-order chi connectivity index (χ1) is 7.65. The van der Waals surface area contributed by atoms with E-state index < -0.39 is 5.97 Å². The van der Waals surface area contributed by atoms with Gasteiger partial charge in [0, 0.05) is 11.6 Å². The Kier molecular flexibility index (Phi) is 2.90. The lowest BCUT2D eigenvalue weighted by atomic mass is 10.1. The summed E-state index contributed by atoms with van der Waals surface area (Å²) in [6.45, 7) is 0. The molecule has 2 N–H and O–H groups in total. The molecule has 0 aromatic heterocycles. The number of hydrogen-bond acceptors (Lipinski definition) is 2. The predicted octanol–water partition coefficient (Wildman–Crippen LogP) is 1.66. The third-order valence-electron chi connectivity index (χ3n) is 2.50. The molecular weight excluding hydrogens is 206 g/mol. The number of aliphatic carboxylic acids is 1. The molecule has 4 heteroatoms. The number of carbonyl (C=O) groups excluding carboxylic acids is 1. The van der Waals surface area contributed by atoms with Crippen molar-refractivity contribution in [2.24, 2.45) is 5.92 Å². The van der Waals surface area contributed by atoms with Gasteiger partial charge in [-0.1, -0.05) is 12.1 Å². The van der Waals surface area contributed by atoms with Crippen LogP contribution in [0.4, 0.5) is 5.69 Å². The largest absolute Gasteiger partial charge is 0.481 e. The molecule has 1 aromatic carbocycles. The Morgan fingerprint density at radius 1 is 1.38 bits per heavy atom. The van der Waals surface area contributed by atoms with Crippen LogP contribution < -0.4 is 5.32 Å². The maximum absolute atomic E-state index is 11.5. The average molecular weight is 219 g/mol. The van der Waals surface area contributed by atoms with Crippen LogP contribution in [0.1, 0.15) is 18.4 Å². The van der Waals surface area contributed by atoms with Gasteiger partial charge in [-0.05, 0) is 30.5 Å². The fourth-order valence-electron chi connectivity index (χ4n) is 1.52. The summed E-state index contributed by atoms with van der Waals surface area (Å²) in [4.78, 5) is 22.0. The van der Waals surface area contributed by atoms with Crippen molar-refractivity contribution in [1.29, 1.82) is 0 Å². The maximum Gasteiger partial charge on any atom is 0.307 e. The highest BCUT2D eigenvalue weighted by molar-refractivity contribution is 5.94. The fraction of sp³-hybridized carbons (Fsp3) is 0.333. The third-order valence-corrected chi connectivity index (χ3v) is 2.50. The Morgan fingerprint density at radius 2 is 2.12 bits per heavy atom. The lowest BCUT2D eigenvalue weighted by Gasteiger charge is -2.05. The van der Waals surface area contributed by atoms with Crippen LogP contribution in [0.2, 0.25) is 0 Å². The highest BCUT2D eigenvalue weighted by Crippen LogP contribution is 2.30. The van der Waals surface area contributed by atoms with Crippen LogP contribution in [0.5, 0.6) is 0 Å². The topological polar surface area (TPSA) is 66.4 Å². The molecule has 0 atom stereocenters. The van der Waals surface area contributed by atoms with E-state index in [0.29, 0.717) is 11.3 Å². The molecule has 1 aromatic rings. The Balaban J connectivity index is 2.03. The van der Waals surface area contributed by atoms with Crippen molar-refractivity contribution in [3.8, 4) is 0 Å². The summed E-state index contributed by atoms with van der Waals surface area (Å²) in [6.07, 6.45) is 1.90. The van der Waals surface area contributed by atoms with Crippen molar-refractivity contribution in [2.75, 3.05) is 5.32 Å². The van der Waals surface area contributed by atoms with Gasteiger partial charge in [0.2, 0.25) is 5.91 Å². The SMILES string of the molecule is O=C(O)Cc1cccc(NC(=O)C2CC2)c1. The molecule has 2 rings (SSSR count). The molecule has 0 heterocycles. The summed E-state index contributed by atoms with van der Waals surface area (Å²) in [5.74, 6) is -0.679. The van der Waals surface area contributed by atoms with Crippen molar-refractivity contribution in [1.82, 2.24) is 0 Å². The van der Waals surface area contributed by atoms with Crippen molar-refractivity contribution in [2.45, 2.75) is 19.3 Å². The van der Waals surface area contributed by atoms with Gasteiger partial charge in [0.15, 0.2) is 0 Å². The summed E-state index contributed by atoms with van der Waals surface area (Å²) in [7, 11) is 0. The molecule has 1 saturated carbocycles. The Labute approximate surface area is 93.3 Å². The molecule has 0 saturated heterocycles. The van der Waals surface area contributed by atoms with E-state index in [1.165, 1.54) is 0 Å². The predicted molar refractivity (Wildman–Crippen MR) is 59.1 cm³/mol. The van der Waals surface area contributed by atoms with Crippen molar-refractivity contribution in [3.05, 3.63) is 29.8 Å². The molecule has 0 bridgehead atoms. The number of benzene rings is 1. The van der Waals surface area contributed by atoms with Gasteiger partial charge in [0.25, 0.3) is 0 Å². The first kappa shape index (κ1) is 10.7. The van der Waals surface area contributed by atoms with Crippen LogP contribution in [0.3, 0.4) is 0 Å². The molecule has 1 aliphatic rings. The minimum atomic E-state index is -0.870. The molecule has 0 aliphatic heterocycles. The summed E-state index contributed by atoms with van der Waals surface area (Å²) >= 11 is 0. The van der Waals surface area contributed by atoms with Crippen LogP contribution >= 0.6 is 0 Å². The summed E-state index contributed by atoms with van der Waals surface area (Å²) in [5.41, 5.74) is 1.37. The molecular formula is C12H13NO3. The molecule has 0 unspecified atom stereocenters. The number of anilines is 1. The number of rotatable bonds is 4. The number of carboxylic acid groups (broad SMARTS) is 1. The van der Waals surface area contributed by atoms with E-state index in [0.717, 1.165) is 12.8 Å². The van der Waals surface area contributed by atoms with E-state index >= 15 is 0 Å². The standard InChI is InChI=1S/C12H13NO3/c14-11(15)7-8-2-1-3-10(6-8)13-12(16)9-4-5-9/h1-3,6,9H,4-5,7H2,(H,13,16)(H,14,15). The number of carbonyl (C=O) groups is 2. The first-order valence-corrected chi connectivity index (χ1v) is 5.27. The zero-order chi connectivity index (χ0) is 11.5. The normalized spacial score (nSPS) is 14.5. The molecule has 16 heavy (non-hydrogen) atoms. The van der Waals surface area contributed by atoms with E-state index in [9.17, 15) is 9.59 Å². The number of hydrogen-bond donors (Lipinski definition) is 2. The number of nitrogens with one attached hydrogen (secondary N) is 1. The zero-order valence-electron chi connectivity index (χ0n) is 8.77. The van der Waals surface area contributed by atoms with E-state index in [1.54, 1.807) is 24.3 Å². The van der Waals surface area contributed by atoms with Gasteiger partial charge in [0.1, 0.15) is 0 Å². The van der Waals surface area contributed by atoms with Gasteiger partial charge in [-0.3, -0.25) is 9.59 Å². The second-order valence-electron chi connectivity index (χ2n) is 4.03. The average Bonchev–Trinajstić information content (AvgIpc) is 2.99. The van der Waals surface area contributed by atoms with Crippen LogP contribution in [-0.2, 0) is 16.0 Å². The summed E-state index contributed by atoms with van der Waals surface area (Å²) in [6, 6.07) is 6.96. The molecule has 0 spiro atoms. The Bertz CT molecular complexity index is 424. The van der Waals surface area contributed by atoms with Crippen molar-refractivity contribution >= 4 is 17.6 Å². The highest BCUT2D eigenvalue weighted by atomic mass is 16.4. The van der Waals surface area contributed by atoms with E-state index in [1.807, 2.05) is 0 Å². The monoisotopic (exact) mass is 219 g/mol. The molecule has 1 amide bonds. The summed E-state index contributed by atoms with van der Waals surface area (Å²) < 4.78 is 0. The van der Waals surface area contributed by atoms with Gasteiger partial charge in [-0.25, -0.2) is 0 Å². The van der Waals surface area contributed by atoms with E-state index in [2.05, 4.69) is 5.32 Å². The second-order valence-corrected chi connectivity index (χ2v) is 4.03. The first-order valence-electron chi connectivity index (χ1n) is 5.27. The minimum Gasteiger partial charge on any atom is -0.481 e. The van der Waals surface area contributed by atoms with E-state index in [4.69, 9.17) is 5.11 Å². The van der Waals surface area contributed by atoms with Gasteiger partial charge in [0.05, 0.1) is 6.42 Å². The third kappa shape index (κ3) is 2.82. The fourth-order valence-corrected chi connectivity index (χ4v) is 1.52. The molecule has 84 valence electrons. The van der Waals surface area contributed by atoms with Gasteiger partial charge in [-0.2, -0.15) is 0 Å². The highest BCUT2D eigenvalue weighted by Gasteiger charge is 2.29. The van der Waals surface area contributed by atoms with E-state index in [-0.39, 0.29) is 18.2 Å². The van der Waals surface area contributed by atoms with Gasteiger partial charge in [-0.15, -0.1) is 0 Å². The Morgan fingerprint density at radius 3 is 2.75 bits per heavy atom. The van der Waals surface area contributed by atoms with Crippen LogP contribution in [-0.4, -0.2) is 17.0 Å². The zero-order valence-corrected chi connectivity index (χ0v) is 8.77. The van der Waals surface area contributed by atoms with Crippen molar-refractivity contribution in [3.63, 3.8) is 0 Å². The Hall–Kier alpha value is -1.84. The maximum atomic E-state index is 11.5. The van der Waals surface area contributed by atoms with Gasteiger partial charge < -0.3 is 10.4 Å². The molecule has 4 nitrogen and oxygen atoms in total. The molecule has 1 fully saturated rings.